The summed E-state index contributed by atoms with van der Waals surface area (Å²) in [5.41, 5.74) is 2.09. The lowest BCUT2D eigenvalue weighted by Gasteiger charge is -2.31. The van der Waals surface area contributed by atoms with Crippen LogP contribution in [-0.2, 0) is 4.74 Å². The molecule has 2 aromatic rings. The summed E-state index contributed by atoms with van der Waals surface area (Å²) in [6.07, 6.45) is 10.5. The second kappa shape index (κ2) is 10.3. The van der Waals surface area contributed by atoms with E-state index in [0.29, 0.717) is 34.5 Å². The largest absolute Gasteiger partial charge is 0.383 e. The first-order valence-corrected chi connectivity index (χ1v) is 12.1. The number of nitrogens with one attached hydrogen (secondary N) is 3. The van der Waals surface area contributed by atoms with Gasteiger partial charge in [-0.05, 0) is 63.0 Å². The van der Waals surface area contributed by atoms with Gasteiger partial charge in [-0.2, -0.15) is 0 Å². The Morgan fingerprint density at radius 3 is 2.66 bits per heavy atom. The van der Waals surface area contributed by atoms with Crippen LogP contribution in [0, 0.1) is 5.41 Å². The third-order valence-corrected chi connectivity index (χ3v) is 6.85. The van der Waals surface area contributed by atoms with Crippen LogP contribution in [-0.4, -0.2) is 53.3 Å². The number of pyridine rings is 1. The molecule has 0 bridgehead atoms. The molecule has 8 heteroatoms. The number of nitrogens with zero attached hydrogens (tertiary/aromatic N) is 3. The number of methoxy groups -OCH3 is 1. The monoisotopic (exact) mass is 458 g/mol. The Morgan fingerprint density at radius 1 is 1.19 bits per heavy atom. The molecule has 32 heavy (non-hydrogen) atoms. The van der Waals surface area contributed by atoms with E-state index in [1.165, 1.54) is 12.8 Å². The van der Waals surface area contributed by atoms with E-state index in [4.69, 9.17) is 21.3 Å². The van der Waals surface area contributed by atoms with Crippen molar-refractivity contribution in [1.29, 1.82) is 0 Å². The summed E-state index contributed by atoms with van der Waals surface area (Å²) in [5, 5.41) is 11.2. The lowest BCUT2D eigenvalue weighted by molar-refractivity contribution is 0.161. The van der Waals surface area contributed by atoms with Gasteiger partial charge in [-0.1, -0.05) is 18.5 Å². The predicted octanol–water partition coefficient (Wildman–Crippen LogP) is 4.75. The van der Waals surface area contributed by atoms with Crippen LogP contribution in [0.15, 0.2) is 24.5 Å². The van der Waals surface area contributed by atoms with Gasteiger partial charge in [0.05, 0.1) is 23.5 Å². The van der Waals surface area contributed by atoms with Crippen molar-refractivity contribution in [2.24, 2.45) is 5.41 Å². The average Bonchev–Trinajstić information content (AvgIpc) is 3.53. The average molecular weight is 459 g/mol. The molecule has 2 aliphatic rings. The molecule has 1 atom stereocenters. The summed E-state index contributed by atoms with van der Waals surface area (Å²) >= 11 is 6.47. The SMILES string of the molecule is COCC(C)NC1CCC(Nc2ncc(Cl)c(-c3ccnc(NCC4(C)CC4)c3)n2)CC1. The molecule has 0 radical (unpaired) electrons. The molecule has 7 nitrogen and oxygen atoms in total. The van der Waals surface area contributed by atoms with Crippen LogP contribution in [0.3, 0.4) is 0 Å². The molecule has 2 heterocycles. The number of hydrogen-bond donors (Lipinski definition) is 3. The molecule has 1 unspecified atom stereocenters. The molecule has 2 fully saturated rings. The Hall–Kier alpha value is -1.96. The minimum absolute atomic E-state index is 0.369. The fourth-order valence-corrected chi connectivity index (χ4v) is 4.50. The van der Waals surface area contributed by atoms with Gasteiger partial charge in [-0.25, -0.2) is 15.0 Å². The highest BCUT2D eigenvalue weighted by Gasteiger charge is 2.36. The highest BCUT2D eigenvalue weighted by atomic mass is 35.5. The molecule has 0 spiro atoms. The molecule has 0 amide bonds. The van der Waals surface area contributed by atoms with Crippen molar-refractivity contribution in [3.63, 3.8) is 0 Å². The van der Waals surface area contributed by atoms with E-state index in [1.54, 1.807) is 19.5 Å². The molecule has 4 rings (SSSR count). The second-order valence-corrected chi connectivity index (χ2v) is 10.1. The zero-order chi connectivity index (χ0) is 22.6. The van der Waals surface area contributed by atoms with E-state index in [2.05, 4.69) is 39.8 Å². The maximum atomic E-state index is 6.47. The summed E-state index contributed by atoms with van der Waals surface area (Å²) < 4.78 is 5.23. The van der Waals surface area contributed by atoms with Crippen LogP contribution in [0.4, 0.5) is 11.8 Å². The normalized spacial score (nSPS) is 22.9. The summed E-state index contributed by atoms with van der Waals surface area (Å²) in [6.45, 7) is 6.15. The molecule has 3 N–H and O–H groups in total. The van der Waals surface area contributed by atoms with Crippen LogP contribution < -0.4 is 16.0 Å². The molecule has 2 aromatic heterocycles. The first-order chi connectivity index (χ1) is 15.4. The van der Waals surface area contributed by atoms with Gasteiger partial charge in [0.15, 0.2) is 0 Å². The van der Waals surface area contributed by atoms with Gasteiger partial charge in [-0.3, -0.25) is 0 Å². The Morgan fingerprint density at radius 2 is 1.94 bits per heavy atom. The molecule has 0 aromatic carbocycles. The van der Waals surface area contributed by atoms with Gasteiger partial charge in [0.2, 0.25) is 5.95 Å². The maximum Gasteiger partial charge on any atom is 0.223 e. The minimum Gasteiger partial charge on any atom is -0.383 e. The molecule has 2 saturated carbocycles. The van der Waals surface area contributed by atoms with Crippen LogP contribution in [0.1, 0.15) is 52.4 Å². The number of anilines is 2. The molecule has 2 aliphatic carbocycles. The van der Waals surface area contributed by atoms with Gasteiger partial charge < -0.3 is 20.7 Å². The van der Waals surface area contributed by atoms with E-state index in [0.717, 1.165) is 55.9 Å². The third-order valence-electron chi connectivity index (χ3n) is 6.57. The predicted molar refractivity (Wildman–Crippen MR) is 130 cm³/mol. The summed E-state index contributed by atoms with van der Waals surface area (Å²) in [6, 6.07) is 5.25. The highest BCUT2D eigenvalue weighted by molar-refractivity contribution is 6.32. The fourth-order valence-electron chi connectivity index (χ4n) is 4.30. The quantitative estimate of drug-likeness (QED) is 0.473. The molecule has 0 saturated heterocycles. The Bertz CT molecular complexity index is 898. The van der Waals surface area contributed by atoms with E-state index in [1.807, 2.05) is 12.1 Å². The van der Waals surface area contributed by atoms with Crippen LogP contribution in [0.25, 0.3) is 11.3 Å². The van der Waals surface area contributed by atoms with Crippen molar-refractivity contribution in [3.05, 3.63) is 29.5 Å². The topological polar surface area (TPSA) is 84.0 Å². The standard InChI is InChI=1S/C24H35ClN6O/c1-16(14-32-3)29-18-4-6-19(7-5-18)30-23-27-13-20(25)22(31-23)17-8-11-26-21(12-17)28-15-24(2)9-10-24/h8,11-13,16,18-19,29H,4-7,9-10,14-15H2,1-3H3,(H,26,28)(H,27,30,31). The van der Waals surface area contributed by atoms with E-state index in [-0.39, 0.29) is 0 Å². The number of ether oxygens (including phenoxy) is 1. The molecule has 174 valence electrons. The van der Waals surface area contributed by atoms with Crippen molar-refractivity contribution >= 4 is 23.4 Å². The first-order valence-electron chi connectivity index (χ1n) is 11.7. The number of hydrogen-bond acceptors (Lipinski definition) is 7. The van der Waals surface area contributed by atoms with Gasteiger partial charge in [0.25, 0.3) is 0 Å². The van der Waals surface area contributed by atoms with Crippen LogP contribution in [0.5, 0.6) is 0 Å². The Labute approximate surface area is 196 Å². The van der Waals surface area contributed by atoms with Crippen molar-refractivity contribution in [2.75, 3.05) is 30.9 Å². The van der Waals surface area contributed by atoms with Gasteiger partial charge >= 0.3 is 0 Å². The third kappa shape index (κ3) is 6.30. The van der Waals surface area contributed by atoms with Crippen molar-refractivity contribution in [1.82, 2.24) is 20.3 Å². The number of aromatic nitrogens is 3. The minimum atomic E-state index is 0.369. The Balaban J connectivity index is 1.36. The number of rotatable bonds is 10. The van der Waals surface area contributed by atoms with E-state index in [9.17, 15) is 0 Å². The molecule has 0 aliphatic heterocycles. The summed E-state index contributed by atoms with van der Waals surface area (Å²) in [5.74, 6) is 1.48. The van der Waals surface area contributed by atoms with Crippen molar-refractivity contribution in [2.45, 2.75) is 70.5 Å². The van der Waals surface area contributed by atoms with E-state index >= 15 is 0 Å². The number of halogens is 1. The van der Waals surface area contributed by atoms with Gasteiger partial charge in [0, 0.05) is 43.5 Å². The van der Waals surface area contributed by atoms with Crippen molar-refractivity contribution in [3.8, 4) is 11.3 Å². The first kappa shape index (κ1) is 23.2. The van der Waals surface area contributed by atoms with Crippen LogP contribution in [0.2, 0.25) is 5.02 Å². The fraction of sp³-hybridized carbons (Fsp3) is 0.625. The molecular formula is C24H35ClN6O. The lowest BCUT2D eigenvalue weighted by atomic mass is 9.91. The molecular weight excluding hydrogens is 424 g/mol. The second-order valence-electron chi connectivity index (χ2n) is 9.70. The zero-order valence-electron chi connectivity index (χ0n) is 19.3. The van der Waals surface area contributed by atoms with E-state index < -0.39 is 0 Å². The zero-order valence-corrected chi connectivity index (χ0v) is 20.1. The van der Waals surface area contributed by atoms with Crippen LogP contribution >= 0.6 is 11.6 Å². The lowest BCUT2D eigenvalue weighted by Crippen LogP contribution is -2.43. The Kier molecular flexibility index (Phi) is 7.48. The van der Waals surface area contributed by atoms with Crippen molar-refractivity contribution < 1.29 is 4.74 Å². The van der Waals surface area contributed by atoms with Gasteiger partial charge in [-0.15, -0.1) is 0 Å². The summed E-state index contributed by atoms with van der Waals surface area (Å²) in [7, 11) is 1.75. The highest BCUT2D eigenvalue weighted by Crippen LogP contribution is 2.44. The van der Waals surface area contributed by atoms with Gasteiger partial charge in [0.1, 0.15) is 5.82 Å². The smallest absolute Gasteiger partial charge is 0.223 e. The summed E-state index contributed by atoms with van der Waals surface area (Å²) in [4.78, 5) is 13.6. The maximum absolute atomic E-state index is 6.47.